The van der Waals surface area contributed by atoms with Gasteiger partial charge in [-0.15, -0.1) is 0 Å². The van der Waals surface area contributed by atoms with E-state index in [4.69, 9.17) is 0 Å². The molecule has 1 rings (SSSR count). The second kappa shape index (κ2) is 10.2. The molecule has 0 fully saturated rings. The lowest BCUT2D eigenvalue weighted by Gasteiger charge is -2.01. The van der Waals surface area contributed by atoms with E-state index < -0.39 is 0 Å². The third-order valence-electron chi connectivity index (χ3n) is 2.93. The number of hydrogen-bond acceptors (Lipinski definition) is 2. The van der Waals surface area contributed by atoms with Crippen LogP contribution in [-0.2, 0) is 0 Å². The van der Waals surface area contributed by atoms with Gasteiger partial charge < -0.3 is 5.11 Å². The molecule has 18 heavy (non-hydrogen) atoms. The van der Waals surface area contributed by atoms with Gasteiger partial charge in [-0.05, 0) is 25.3 Å². The molecule has 1 aromatic rings. The molecule has 0 spiro atoms. The molecule has 0 saturated carbocycles. The van der Waals surface area contributed by atoms with E-state index in [1.807, 2.05) is 6.08 Å². The van der Waals surface area contributed by atoms with Crippen LogP contribution in [0.2, 0.25) is 0 Å². The van der Waals surface area contributed by atoms with Gasteiger partial charge in [0.15, 0.2) is 5.88 Å². The first-order valence-corrected chi connectivity index (χ1v) is 7.90. The molecule has 3 nitrogen and oxygen atoms in total. The molecular formula is C14H23BrN2O. The van der Waals surface area contributed by atoms with Gasteiger partial charge in [-0.2, -0.15) is 0 Å². The van der Waals surface area contributed by atoms with Crippen molar-refractivity contribution in [2.45, 2.75) is 51.4 Å². The average Bonchev–Trinajstić information content (AvgIpc) is 2.90. The van der Waals surface area contributed by atoms with Crippen molar-refractivity contribution in [3.8, 4) is 0 Å². The van der Waals surface area contributed by atoms with Crippen molar-refractivity contribution < 1.29 is 5.11 Å². The predicted octanol–water partition coefficient (Wildman–Crippen LogP) is 4.76. The van der Waals surface area contributed by atoms with Crippen molar-refractivity contribution in [2.75, 3.05) is 5.33 Å². The maximum Gasteiger partial charge on any atom is 0.192 e. The molecular weight excluding hydrogens is 292 g/mol. The molecule has 1 heterocycles. The first-order chi connectivity index (χ1) is 8.84. The highest BCUT2D eigenvalue weighted by molar-refractivity contribution is 9.09. The molecule has 0 aliphatic rings. The predicted molar refractivity (Wildman–Crippen MR) is 79.9 cm³/mol. The number of rotatable bonds is 10. The van der Waals surface area contributed by atoms with Gasteiger partial charge in [0.1, 0.15) is 6.33 Å². The van der Waals surface area contributed by atoms with E-state index in [9.17, 15) is 5.11 Å². The summed E-state index contributed by atoms with van der Waals surface area (Å²) in [4.78, 5) is 3.90. The molecule has 0 amide bonds. The molecule has 0 aliphatic carbocycles. The zero-order chi connectivity index (χ0) is 13.1. The minimum atomic E-state index is 0.282. The Morgan fingerprint density at radius 3 is 2.39 bits per heavy atom. The SMILES string of the molecule is OC(=CCCCCCCCCCBr)n1ccnc1. The van der Waals surface area contributed by atoms with E-state index >= 15 is 0 Å². The summed E-state index contributed by atoms with van der Waals surface area (Å²) >= 11 is 3.45. The van der Waals surface area contributed by atoms with E-state index in [2.05, 4.69) is 20.9 Å². The van der Waals surface area contributed by atoms with Crippen LogP contribution in [0.5, 0.6) is 0 Å². The van der Waals surface area contributed by atoms with Crippen molar-refractivity contribution >= 4 is 21.8 Å². The number of hydrogen-bond donors (Lipinski definition) is 1. The molecule has 0 radical (unpaired) electrons. The fourth-order valence-corrected chi connectivity index (χ4v) is 2.25. The first-order valence-electron chi connectivity index (χ1n) is 6.78. The van der Waals surface area contributed by atoms with E-state index in [0.717, 1.165) is 18.2 Å². The fraction of sp³-hybridized carbons (Fsp3) is 0.643. The van der Waals surface area contributed by atoms with Crippen molar-refractivity contribution in [1.82, 2.24) is 9.55 Å². The summed E-state index contributed by atoms with van der Waals surface area (Å²) in [6.07, 6.45) is 16.8. The fourth-order valence-electron chi connectivity index (χ4n) is 1.85. The van der Waals surface area contributed by atoms with Crippen LogP contribution in [0, 0.1) is 0 Å². The summed E-state index contributed by atoms with van der Waals surface area (Å²) < 4.78 is 1.63. The number of aliphatic hydroxyl groups excluding tert-OH is 1. The minimum Gasteiger partial charge on any atom is -0.494 e. The van der Waals surface area contributed by atoms with Gasteiger partial charge in [0.2, 0.25) is 0 Å². The van der Waals surface area contributed by atoms with Crippen molar-refractivity contribution in [1.29, 1.82) is 0 Å². The molecule has 0 aliphatic heterocycles. The maximum absolute atomic E-state index is 9.69. The summed E-state index contributed by atoms with van der Waals surface area (Å²) in [5.74, 6) is 0.282. The Kier molecular flexibility index (Phi) is 8.65. The van der Waals surface area contributed by atoms with E-state index in [0.29, 0.717) is 0 Å². The Balaban J connectivity index is 1.97. The van der Waals surface area contributed by atoms with Gasteiger partial charge in [-0.3, -0.25) is 4.57 Å². The van der Waals surface area contributed by atoms with E-state index in [1.54, 1.807) is 23.3 Å². The van der Waals surface area contributed by atoms with Crippen LogP contribution in [0.3, 0.4) is 0 Å². The van der Waals surface area contributed by atoms with Gasteiger partial charge in [0.05, 0.1) is 0 Å². The Hall–Kier alpha value is -0.770. The zero-order valence-corrected chi connectivity index (χ0v) is 12.5. The van der Waals surface area contributed by atoms with E-state index in [1.165, 1.54) is 38.5 Å². The number of nitrogens with zero attached hydrogens (tertiary/aromatic N) is 2. The average molecular weight is 315 g/mol. The molecule has 0 unspecified atom stereocenters. The van der Waals surface area contributed by atoms with Gasteiger partial charge in [0, 0.05) is 17.7 Å². The smallest absolute Gasteiger partial charge is 0.192 e. The largest absolute Gasteiger partial charge is 0.494 e. The number of aliphatic hydroxyl groups is 1. The standard InChI is InChI=1S/C14H23BrN2O/c15-10-8-6-4-2-1-3-5-7-9-14(18)17-12-11-16-13-17/h9,11-13,18H,1-8,10H2. The van der Waals surface area contributed by atoms with E-state index in [-0.39, 0.29) is 5.88 Å². The summed E-state index contributed by atoms with van der Waals surface area (Å²) in [5, 5.41) is 10.8. The molecule has 102 valence electrons. The lowest BCUT2D eigenvalue weighted by atomic mass is 10.1. The molecule has 0 saturated heterocycles. The van der Waals surface area contributed by atoms with Crippen LogP contribution in [0.1, 0.15) is 51.4 Å². The van der Waals surface area contributed by atoms with Gasteiger partial charge in [0.25, 0.3) is 0 Å². The number of alkyl halides is 1. The highest BCUT2D eigenvalue weighted by Crippen LogP contribution is 2.10. The zero-order valence-electron chi connectivity index (χ0n) is 10.9. The maximum atomic E-state index is 9.69. The van der Waals surface area contributed by atoms with Crippen molar-refractivity contribution in [2.24, 2.45) is 0 Å². The first kappa shape index (κ1) is 15.3. The lowest BCUT2D eigenvalue weighted by Crippen LogP contribution is -1.91. The highest BCUT2D eigenvalue weighted by atomic mass is 79.9. The second-order valence-corrected chi connectivity index (χ2v) is 5.28. The molecule has 0 aromatic carbocycles. The number of aromatic nitrogens is 2. The molecule has 0 atom stereocenters. The Morgan fingerprint density at radius 2 is 1.78 bits per heavy atom. The summed E-state index contributed by atoms with van der Waals surface area (Å²) in [5.41, 5.74) is 0. The van der Waals surface area contributed by atoms with Crippen molar-refractivity contribution in [3.05, 3.63) is 24.8 Å². The number of imidazole rings is 1. The minimum absolute atomic E-state index is 0.282. The monoisotopic (exact) mass is 314 g/mol. The third-order valence-corrected chi connectivity index (χ3v) is 3.49. The number of allylic oxidation sites excluding steroid dienone is 1. The highest BCUT2D eigenvalue weighted by Gasteiger charge is 1.95. The molecule has 0 bridgehead atoms. The van der Waals surface area contributed by atoms with Crippen LogP contribution in [-0.4, -0.2) is 20.0 Å². The Bertz CT molecular complexity index is 323. The summed E-state index contributed by atoms with van der Waals surface area (Å²) in [6.45, 7) is 0. The molecule has 1 aromatic heterocycles. The molecule has 4 heteroatoms. The third kappa shape index (κ3) is 6.84. The number of unbranched alkanes of at least 4 members (excludes halogenated alkanes) is 7. The van der Waals surface area contributed by atoms with Crippen LogP contribution >= 0.6 is 15.9 Å². The van der Waals surface area contributed by atoms with Crippen LogP contribution in [0.25, 0.3) is 5.88 Å². The van der Waals surface area contributed by atoms with Gasteiger partial charge >= 0.3 is 0 Å². The Morgan fingerprint density at radius 1 is 1.11 bits per heavy atom. The topological polar surface area (TPSA) is 38.0 Å². The second-order valence-electron chi connectivity index (χ2n) is 4.48. The van der Waals surface area contributed by atoms with Gasteiger partial charge in [-0.25, -0.2) is 4.98 Å². The van der Waals surface area contributed by atoms with Crippen LogP contribution in [0.15, 0.2) is 24.8 Å². The summed E-state index contributed by atoms with van der Waals surface area (Å²) in [7, 11) is 0. The lowest BCUT2D eigenvalue weighted by molar-refractivity contribution is 0.467. The molecule has 1 N–H and O–H groups in total. The Labute approximate surface area is 118 Å². The van der Waals surface area contributed by atoms with Gasteiger partial charge in [-0.1, -0.05) is 48.0 Å². The normalized spacial score (nSPS) is 11.9. The summed E-state index contributed by atoms with van der Waals surface area (Å²) in [6, 6.07) is 0. The van der Waals surface area contributed by atoms with Crippen LogP contribution < -0.4 is 0 Å². The number of halogens is 1. The quantitative estimate of drug-likeness (QED) is 0.384. The van der Waals surface area contributed by atoms with Crippen molar-refractivity contribution in [3.63, 3.8) is 0 Å². The van der Waals surface area contributed by atoms with Crippen LogP contribution in [0.4, 0.5) is 0 Å².